The molecule has 0 aromatic heterocycles. The van der Waals surface area contributed by atoms with Crippen LogP contribution < -0.4 is 21.1 Å². The van der Waals surface area contributed by atoms with Crippen molar-refractivity contribution in [2.45, 2.75) is 0 Å². The monoisotopic (exact) mass is 404 g/mol. The average Bonchev–Trinajstić information content (AvgIpc) is 2.75. The summed E-state index contributed by atoms with van der Waals surface area (Å²) in [5.74, 6) is -1.08. The van der Waals surface area contributed by atoms with Crippen LogP contribution in [0.3, 0.4) is 0 Å². The van der Waals surface area contributed by atoms with Crippen LogP contribution in [0.2, 0.25) is 0 Å². The number of phenols is 1. The third kappa shape index (κ3) is 4.39. The Kier molecular flexibility index (Phi) is 5.97. The largest absolute Gasteiger partial charge is 0.506 e. The van der Waals surface area contributed by atoms with Gasteiger partial charge in [0.25, 0.3) is 11.8 Å². The first-order valence-corrected chi connectivity index (χ1v) is 8.93. The highest BCUT2D eigenvalue weighted by atomic mass is 16.5. The van der Waals surface area contributed by atoms with Gasteiger partial charge >= 0.3 is 0 Å². The van der Waals surface area contributed by atoms with Crippen molar-refractivity contribution in [3.05, 3.63) is 83.4 Å². The third-order valence-electron chi connectivity index (χ3n) is 4.35. The number of carbonyl (C=O) groups is 2. The molecule has 0 spiro atoms. The van der Waals surface area contributed by atoms with Gasteiger partial charge in [0.15, 0.2) is 0 Å². The summed E-state index contributed by atoms with van der Waals surface area (Å²) in [6.45, 7) is 0. The zero-order chi connectivity index (χ0) is 21.7. The standard InChI is InChI=1S/C22H20N4O4/c1-30-14-11-9-13(10-12-14)21(28)25-17-7-2-3-8-18(17)26-22(29)16-6-4-5-15(19(16)27)20(23)24/h2-12,27H,1H3,(H3,23,24)(H,25,28)(H,26,29). The molecular weight excluding hydrogens is 384 g/mol. The summed E-state index contributed by atoms with van der Waals surface area (Å²) >= 11 is 0. The topological polar surface area (TPSA) is 138 Å². The number of rotatable bonds is 6. The normalized spacial score (nSPS) is 10.2. The van der Waals surface area contributed by atoms with Gasteiger partial charge in [0.2, 0.25) is 0 Å². The molecule has 0 atom stereocenters. The van der Waals surface area contributed by atoms with Gasteiger partial charge in [-0.1, -0.05) is 18.2 Å². The summed E-state index contributed by atoms with van der Waals surface area (Å²) in [5.41, 5.74) is 6.59. The van der Waals surface area contributed by atoms with E-state index >= 15 is 0 Å². The van der Waals surface area contributed by atoms with Gasteiger partial charge in [-0.05, 0) is 48.5 Å². The molecule has 0 aliphatic rings. The first-order chi connectivity index (χ1) is 14.4. The highest BCUT2D eigenvalue weighted by Crippen LogP contribution is 2.26. The van der Waals surface area contributed by atoms with Crippen molar-refractivity contribution in [3.63, 3.8) is 0 Å². The number of amidine groups is 1. The molecule has 0 radical (unpaired) electrons. The molecule has 0 bridgehead atoms. The molecule has 2 amide bonds. The third-order valence-corrected chi connectivity index (χ3v) is 4.35. The maximum absolute atomic E-state index is 12.7. The second-order valence-corrected chi connectivity index (χ2v) is 6.30. The summed E-state index contributed by atoms with van der Waals surface area (Å²) < 4.78 is 5.08. The Hall–Kier alpha value is -4.33. The maximum atomic E-state index is 12.7. The van der Waals surface area contributed by atoms with Gasteiger partial charge in [0, 0.05) is 5.56 Å². The summed E-state index contributed by atoms with van der Waals surface area (Å²) in [6.07, 6.45) is 0. The quantitative estimate of drug-likeness (QED) is 0.317. The minimum absolute atomic E-state index is 0.0426. The zero-order valence-electron chi connectivity index (χ0n) is 16.1. The van der Waals surface area contributed by atoms with Gasteiger partial charge in [-0.2, -0.15) is 0 Å². The van der Waals surface area contributed by atoms with Crippen molar-refractivity contribution in [1.29, 1.82) is 5.41 Å². The molecule has 0 saturated carbocycles. The number of hydrogen-bond acceptors (Lipinski definition) is 5. The van der Waals surface area contributed by atoms with Crippen molar-refractivity contribution in [2.75, 3.05) is 17.7 Å². The van der Waals surface area contributed by atoms with E-state index in [2.05, 4.69) is 10.6 Å². The molecule has 0 heterocycles. The predicted molar refractivity (Wildman–Crippen MR) is 114 cm³/mol. The van der Waals surface area contributed by atoms with Crippen LogP contribution in [0.4, 0.5) is 11.4 Å². The van der Waals surface area contributed by atoms with Gasteiger partial charge in [0.05, 0.1) is 29.6 Å². The minimum atomic E-state index is -0.609. The van der Waals surface area contributed by atoms with E-state index in [9.17, 15) is 14.7 Å². The summed E-state index contributed by atoms with van der Waals surface area (Å²) in [6, 6.07) is 17.6. The van der Waals surface area contributed by atoms with Crippen molar-refractivity contribution in [3.8, 4) is 11.5 Å². The minimum Gasteiger partial charge on any atom is -0.506 e. The summed E-state index contributed by atoms with van der Waals surface area (Å²) in [4.78, 5) is 25.2. The number of methoxy groups -OCH3 is 1. The van der Waals surface area contributed by atoms with Gasteiger partial charge in [-0.15, -0.1) is 0 Å². The number of anilines is 2. The Labute approximate surface area is 172 Å². The zero-order valence-corrected chi connectivity index (χ0v) is 16.1. The van der Waals surface area contributed by atoms with Crippen molar-refractivity contribution in [1.82, 2.24) is 0 Å². The molecule has 30 heavy (non-hydrogen) atoms. The Morgan fingerprint density at radius 2 is 1.43 bits per heavy atom. The number of aromatic hydroxyl groups is 1. The highest BCUT2D eigenvalue weighted by molar-refractivity contribution is 6.12. The molecule has 152 valence electrons. The highest BCUT2D eigenvalue weighted by Gasteiger charge is 2.17. The van der Waals surface area contributed by atoms with E-state index in [4.69, 9.17) is 15.9 Å². The van der Waals surface area contributed by atoms with E-state index in [1.807, 2.05) is 0 Å². The van der Waals surface area contributed by atoms with Crippen LogP contribution in [0, 0.1) is 5.41 Å². The predicted octanol–water partition coefficient (Wildman–Crippen LogP) is 3.19. The lowest BCUT2D eigenvalue weighted by Gasteiger charge is -2.14. The number of nitrogen functional groups attached to an aromatic ring is 1. The molecule has 3 rings (SSSR count). The fraction of sp³-hybridized carbons (Fsp3) is 0.0455. The van der Waals surface area contributed by atoms with Crippen LogP contribution >= 0.6 is 0 Å². The van der Waals surface area contributed by atoms with E-state index in [1.54, 1.807) is 48.5 Å². The first kappa shape index (κ1) is 20.4. The number of nitrogens with one attached hydrogen (secondary N) is 3. The second-order valence-electron chi connectivity index (χ2n) is 6.30. The maximum Gasteiger partial charge on any atom is 0.259 e. The fourth-order valence-electron chi connectivity index (χ4n) is 2.77. The molecule has 8 heteroatoms. The molecule has 0 unspecified atom stereocenters. The number of amides is 2. The Morgan fingerprint density at radius 1 is 0.867 bits per heavy atom. The summed E-state index contributed by atoms with van der Waals surface area (Å²) in [7, 11) is 1.54. The number of benzene rings is 3. The van der Waals surface area contributed by atoms with Crippen molar-refractivity contribution in [2.24, 2.45) is 5.73 Å². The van der Waals surface area contributed by atoms with Crippen molar-refractivity contribution < 1.29 is 19.4 Å². The number of carbonyl (C=O) groups excluding carboxylic acids is 2. The van der Waals surface area contributed by atoms with Crippen LogP contribution in [0.15, 0.2) is 66.7 Å². The van der Waals surface area contributed by atoms with Crippen LogP contribution in [-0.2, 0) is 0 Å². The lowest BCUT2D eigenvalue weighted by atomic mass is 10.1. The fourth-order valence-corrected chi connectivity index (χ4v) is 2.77. The Morgan fingerprint density at radius 3 is 2.00 bits per heavy atom. The lowest BCUT2D eigenvalue weighted by Crippen LogP contribution is -2.18. The number of phenolic OH excluding ortho intramolecular Hbond substituents is 1. The van der Waals surface area contributed by atoms with E-state index in [1.165, 1.54) is 25.3 Å². The van der Waals surface area contributed by atoms with Gasteiger partial charge < -0.3 is 26.2 Å². The van der Waals surface area contributed by atoms with Crippen LogP contribution in [0.25, 0.3) is 0 Å². The molecule has 3 aromatic rings. The van der Waals surface area contributed by atoms with Gasteiger partial charge in [-0.3, -0.25) is 15.0 Å². The molecule has 3 aromatic carbocycles. The Balaban J connectivity index is 1.82. The van der Waals surface area contributed by atoms with Crippen molar-refractivity contribution >= 4 is 29.0 Å². The molecular formula is C22H20N4O4. The van der Waals surface area contributed by atoms with E-state index in [-0.39, 0.29) is 28.6 Å². The van der Waals surface area contributed by atoms with Gasteiger partial charge in [-0.25, -0.2) is 0 Å². The number of para-hydroxylation sites is 3. The molecule has 0 aliphatic carbocycles. The number of ether oxygens (including phenoxy) is 1. The molecule has 6 N–H and O–H groups in total. The molecule has 0 aliphatic heterocycles. The smallest absolute Gasteiger partial charge is 0.259 e. The van der Waals surface area contributed by atoms with E-state index in [0.717, 1.165) is 0 Å². The number of hydrogen-bond donors (Lipinski definition) is 5. The first-order valence-electron chi connectivity index (χ1n) is 8.93. The summed E-state index contributed by atoms with van der Waals surface area (Å²) in [5, 5.41) is 23.2. The van der Waals surface area contributed by atoms with E-state index in [0.29, 0.717) is 22.7 Å². The van der Waals surface area contributed by atoms with Gasteiger partial charge in [0.1, 0.15) is 17.3 Å². The molecule has 0 saturated heterocycles. The number of nitrogens with two attached hydrogens (primary N) is 1. The molecule has 8 nitrogen and oxygen atoms in total. The SMILES string of the molecule is COc1ccc(C(=O)Nc2ccccc2NC(=O)c2cccc(C(=N)N)c2O)cc1. The second kappa shape index (κ2) is 8.78. The lowest BCUT2D eigenvalue weighted by molar-refractivity contribution is 0.101. The van der Waals surface area contributed by atoms with Crippen LogP contribution in [0.1, 0.15) is 26.3 Å². The molecule has 0 fully saturated rings. The van der Waals surface area contributed by atoms with Crippen LogP contribution in [-0.4, -0.2) is 29.9 Å². The average molecular weight is 404 g/mol. The van der Waals surface area contributed by atoms with Crippen LogP contribution in [0.5, 0.6) is 11.5 Å². The Bertz CT molecular complexity index is 1110. The van der Waals surface area contributed by atoms with E-state index < -0.39 is 5.91 Å².